The number of ether oxygens (including phenoxy) is 1. The number of amides is 1. The van der Waals surface area contributed by atoms with Crippen molar-refractivity contribution >= 4 is 22.8 Å². The molecule has 1 atom stereocenters. The Bertz CT molecular complexity index is 1660. The number of nitrogens with zero attached hydrogens (tertiary/aromatic N) is 5. The molecule has 1 amide bonds. The highest BCUT2D eigenvalue weighted by molar-refractivity contribution is 6.08. The molecule has 1 aliphatic heterocycles. The van der Waals surface area contributed by atoms with E-state index in [4.69, 9.17) is 14.8 Å². The first kappa shape index (κ1) is 22.5. The highest BCUT2D eigenvalue weighted by atomic mass is 16.5. The number of hydrazone groups is 1. The molecule has 8 nitrogen and oxygen atoms in total. The van der Waals surface area contributed by atoms with Crippen LogP contribution in [0.3, 0.4) is 0 Å². The maximum Gasteiger partial charge on any atom is 0.243 e. The lowest BCUT2D eigenvalue weighted by atomic mass is 10.1. The molecule has 37 heavy (non-hydrogen) atoms. The van der Waals surface area contributed by atoms with Crippen LogP contribution in [0.1, 0.15) is 30.0 Å². The highest BCUT2D eigenvalue weighted by Crippen LogP contribution is 2.35. The van der Waals surface area contributed by atoms with Crippen molar-refractivity contribution in [2.45, 2.75) is 20.1 Å². The Kier molecular flexibility index (Phi) is 5.41. The standard InChI is InChI=1S/C29H23N5O3/c1-18-26-24(28-32-33(19(2)35)29(37-28)21-12-9-15-23(36)16-21)17-25(20-10-5-3-6-11-20)30-27(26)34(31-18)22-13-7-4-8-14-22/h3-17,29,36H,1-2H3. The number of benzene rings is 3. The summed E-state index contributed by atoms with van der Waals surface area (Å²) >= 11 is 0. The number of rotatable bonds is 4. The summed E-state index contributed by atoms with van der Waals surface area (Å²) < 4.78 is 8.12. The van der Waals surface area contributed by atoms with Crippen molar-refractivity contribution in [3.05, 3.63) is 108 Å². The largest absolute Gasteiger partial charge is 0.508 e. The molecular formula is C29H23N5O3. The number of carbonyl (C=O) groups is 1. The third kappa shape index (κ3) is 3.98. The minimum atomic E-state index is -0.813. The number of phenols is 1. The summed E-state index contributed by atoms with van der Waals surface area (Å²) in [5, 5.41) is 21.5. The molecule has 1 unspecified atom stereocenters. The van der Waals surface area contributed by atoms with E-state index in [2.05, 4.69) is 5.10 Å². The predicted octanol–water partition coefficient (Wildman–Crippen LogP) is 5.34. The molecule has 1 aliphatic rings. The van der Waals surface area contributed by atoms with Crippen molar-refractivity contribution in [1.82, 2.24) is 19.8 Å². The van der Waals surface area contributed by atoms with Crippen LogP contribution in [0.2, 0.25) is 0 Å². The van der Waals surface area contributed by atoms with E-state index in [1.807, 2.05) is 78.3 Å². The first-order chi connectivity index (χ1) is 18.0. The average Bonchev–Trinajstić information content (AvgIpc) is 3.52. The van der Waals surface area contributed by atoms with E-state index in [1.165, 1.54) is 11.9 Å². The molecule has 3 aromatic carbocycles. The molecule has 0 radical (unpaired) electrons. The van der Waals surface area contributed by atoms with Gasteiger partial charge in [-0.05, 0) is 37.3 Å². The predicted molar refractivity (Wildman–Crippen MR) is 140 cm³/mol. The summed E-state index contributed by atoms with van der Waals surface area (Å²) in [6.07, 6.45) is -0.813. The third-order valence-electron chi connectivity index (χ3n) is 6.24. The van der Waals surface area contributed by atoms with Gasteiger partial charge in [0.25, 0.3) is 0 Å². The molecule has 2 aromatic heterocycles. The van der Waals surface area contributed by atoms with Gasteiger partial charge in [-0.2, -0.15) is 10.1 Å². The fourth-order valence-electron chi connectivity index (χ4n) is 4.53. The number of hydrogen-bond donors (Lipinski definition) is 1. The lowest BCUT2D eigenvalue weighted by Gasteiger charge is -2.19. The summed E-state index contributed by atoms with van der Waals surface area (Å²) in [5.41, 5.74) is 5.22. The minimum Gasteiger partial charge on any atom is -0.508 e. The Hall–Kier alpha value is -4.98. The van der Waals surface area contributed by atoms with Crippen LogP contribution >= 0.6 is 0 Å². The lowest BCUT2D eigenvalue weighted by molar-refractivity contribution is -0.135. The van der Waals surface area contributed by atoms with Gasteiger partial charge in [0.05, 0.1) is 28.0 Å². The SMILES string of the molecule is CC(=O)N1N=C(c2cc(-c3ccccc3)nc3c2c(C)nn3-c2ccccc2)OC1c1cccc(O)c1. The second-order valence-corrected chi connectivity index (χ2v) is 8.79. The van der Waals surface area contributed by atoms with Gasteiger partial charge in [0.1, 0.15) is 5.75 Å². The van der Waals surface area contributed by atoms with Crippen molar-refractivity contribution in [2.24, 2.45) is 5.10 Å². The molecule has 0 saturated heterocycles. The van der Waals surface area contributed by atoms with Crippen LogP contribution in [0.25, 0.3) is 28.0 Å². The van der Waals surface area contributed by atoms with Crippen LogP contribution < -0.4 is 0 Å². The maximum atomic E-state index is 12.5. The number of fused-ring (bicyclic) bond motifs is 1. The number of para-hydroxylation sites is 1. The van der Waals surface area contributed by atoms with Gasteiger partial charge in [0.2, 0.25) is 18.0 Å². The normalized spacial score (nSPS) is 15.0. The zero-order valence-electron chi connectivity index (χ0n) is 20.2. The molecule has 0 saturated carbocycles. The van der Waals surface area contributed by atoms with Crippen LogP contribution in [-0.4, -0.2) is 36.7 Å². The number of aromatic nitrogens is 3. The fraction of sp³-hybridized carbons (Fsp3) is 0.103. The van der Waals surface area contributed by atoms with E-state index in [-0.39, 0.29) is 17.6 Å². The molecular weight excluding hydrogens is 466 g/mol. The first-order valence-electron chi connectivity index (χ1n) is 11.8. The number of carbonyl (C=O) groups excluding carboxylic acids is 1. The molecule has 3 heterocycles. The van der Waals surface area contributed by atoms with Crippen LogP contribution in [0.4, 0.5) is 0 Å². The van der Waals surface area contributed by atoms with Crippen LogP contribution in [0.15, 0.2) is 96.1 Å². The summed E-state index contributed by atoms with van der Waals surface area (Å²) in [7, 11) is 0. The van der Waals surface area contributed by atoms with E-state index in [0.29, 0.717) is 16.8 Å². The van der Waals surface area contributed by atoms with E-state index in [1.54, 1.807) is 24.3 Å². The lowest BCUT2D eigenvalue weighted by Crippen LogP contribution is -2.25. The quantitative estimate of drug-likeness (QED) is 0.368. The van der Waals surface area contributed by atoms with Gasteiger partial charge in [-0.25, -0.2) is 9.67 Å². The molecule has 0 spiro atoms. The van der Waals surface area contributed by atoms with Gasteiger partial charge in [-0.15, -0.1) is 5.10 Å². The maximum absolute atomic E-state index is 12.5. The van der Waals surface area contributed by atoms with Crippen molar-refractivity contribution < 1.29 is 14.6 Å². The molecule has 6 rings (SSSR count). The summed E-state index contributed by atoms with van der Waals surface area (Å²) in [6.45, 7) is 3.35. The monoisotopic (exact) mass is 489 g/mol. The zero-order chi connectivity index (χ0) is 25.5. The van der Waals surface area contributed by atoms with Gasteiger partial charge >= 0.3 is 0 Å². The molecule has 0 aliphatic carbocycles. The third-order valence-corrected chi connectivity index (χ3v) is 6.24. The molecule has 5 aromatic rings. The minimum absolute atomic E-state index is 0.0794. The van der Waals surface area contributed by atoms with Crippen LogP contribution in [0.5, 0.6) is 5.75 Å². The van der Waals surface area contributed by atoms with Gasteiger partial charge < -0.3 is 9.84 Å². The first-order valence-corrected chi connectivity index (χ1v) is 11.8. The topological polar surface area (TPSA) is 92.8 Å². The van der Waals surface area contributed by atoms with Crippen molar-refractivity contribution in [2.75, 3.05) is 0 Å². The number of aryl methyl sites for hydroxylation is 1. The Labute approximate surface area is 213 Å². The van der Waals surface area contributed by atoms with E-state index >= 15 is 0 Å². The van der Waals surface area contributed by atoms with Gasteiger partial charge in [0, 0.05) is 18.1 Å². The highest BCUT2D eigenvalue weighted by Gasteiger charge is 2.35. The van der Waals surface area contributed by atoms with Crippen LogP contribution in [-0.2, 0) is 9.53 Å². The Morgan fingerprint density at radius 1 is 0.946 bits per heavy atom. The second kappa shape index (κ2) is 8.91. The van der Waals surface area contributed by atoms with Crippen molar-refractivity contribution in [3.63, 3.8) is 0 Å². The summed E-state index contributed by atoms with van der Waals surface area (Å²) in [6, 6.07) is 28.2. The summed E-state index contributed by atoms with van der Waals surface area (Å²) in [4.78, 5) is 17.5. The Morgan fingerprint density at radius 3 is 2.38 bits per heavy atom. The molecule has 0 bridgehead atoms. The Balaban J connectivity index is 1.57. The molecule has 182 valence electrons. The Morgan fingerprint density at radius 2 is 1.68 bits per heavy atom. The second-order valence-electron chi connectivity index (χ2n) is 8.79. The van der Waals surface area contributed by atoms with E-state index in [0.717, 1.165) is 28.0 Å². The average molecular weight is 490 g/mol. The van der Waals surface area contributed by atoms with Crippen LogP contribution in [0, 0.1) is 6.92 Å². The van der Waals surface area contributed by atoms with Crippen molar-refractivity contribution in [1.29, 1.82) is 0 Å². The molecule has 8 heteroatoms. The molecule has 0 fully saturated rings. The van der Waals surface area contributed by atoms with E-state index < -0.39 is 6.23 Å². The summed E-state index contributed by atoms with van der Waals surface area (Å²) in [5.74, 6) is 0.0770. The smallest absolute Gasteiger partial charge is 0.243 e. The molecule has 1 N–H and O–H groups in total. The van der Waals surface area contributed by atoms with Gasteiger partial charge in [-0.3, -0.25) is 4.79 Å². The number of aromatic hydroxyl groups is 1. The van der Waals surface area contributed by atoms with Gasteiger partial charge in [-0.1, -0.05) is 60.7 Å². The number of pyridine rings is 1. The van der Waals surface area contributed by atoms with E-state index in [9.17, 15) is 9.90 Å². The zero-order valence-corrected chi connectivity index (χ0v) is 20.2. The van der Waals surface area contributed by atoms with Crippen molar-refractivity contribution in [3.8, 4) is 22.7 Å². The fourth-order valence-corrected chi connectivity index (χ4v) is 4.53. The van der Waals surface area contributed by atoms with Gasteiger partial charge in [0.15, 0.2) is 5.65 Å². The number of hydrogen-bond acceptors (Lipinski definition) is 6. The number of phenolic OH excluding ortho intramolecular Hbond substituents is 1.